The lowest BCUT2D eigenvalue weighted by atomic mass is 9.93. The molecule has 5 aromatic heterocycles. The maximum Gasteiger partial charge on any atom is 0.163 e. The third kappa shape index (κ3) is 4.44. The van der Waals surface area contributed by atoms with Crippen LogP contribution in [0.3, 0.4) is 0 Å². The van der Waals surface area contributed by atoms with E-state index >= 15 is 0 Å². The summed E-state index contributed by atoms with van der Waals surface area (Å²) in [7, 11) is 0. The molecule has 1 unspecified atom stereocenters. The molecule has 0 N–H and O–H groups in total. The zero-order valence-corrected chi connectivity index (χ0v) is 27.5. The van der Waals surface area contributed by atoms with Gasteiger partial charge in [0.2, 0.25) is 0 Å². The third-order valence-electron chi connectivity index (χ3n) is 10.3. The molecule has 242 valence electrons. The molecule has 1 atom stereocenters. The fraction of sp³-hybridized carbons (Fsp3) is 0.0909. The van der Waals surface area contributed by atoms with Gasteiger partial charge in [-0.1, -0.05) is 66.8 Å². The smallest absolute Gasteiger partial charge is 0.163 e. The van der Waals surface area contributed by atoms with Crippen molar-refractivity contribution in [2.75, 3.05) is 0 Å². The molecule has 2 aliphatic carbocycles. The first kappa shape index (κ1) is 28.3. The summed E-state index contributed by atoms with van der Waals surface area (Å²) < 4.78 is 15.0. The lowest BCUT2D eigenvalue weighted by Crippen LogP contribution is -2.12. The minimum Gasteiger partial charge on any atom is -0.460 e. The van der Waals surface area contributed by atoms with Gasteiger partial charge in [0.25, 0.3) is 0 Å². The van der Waals surface area contributed by atoms with Gasteiger partial charge in [-0.05, 0) is 73.0 Å². The van der Waals surface area contributed by atoms with Gasteiger partial charge in [0, 0.05) is 62.7 Å². The van der Waals surface area contributed by atoms with Gasteiger partial charge in [0.05, 0.1) is 11.2 Å². The fourth-order valence-corrected chi connectivity index (χ4v) is 7.83. The normalized spacial score (nSPS) is 15.8. The average molecular weight is 660 g/mol. The van der Waals surface area contributed by atoms with E-state index in [1.54, 1.807) is 0 Å². The Hall–Kier alpha value is -6.60. The first-order valence-corrected chi connectivity index (χ1v) is 17.4. The summed E-state index contributed by atoms with van der Waals surface area (Å²) >= 11 is 0. The van der Waals surface area contributed by atoms with Crippen LogP contribution in [0.2, 0.25) is 0 Å². The van der Waals surface area contributed by atoms with Gasteiger partial charge >= 0.3 is 0 Å². The number of nitrogens with zero attached hydrogens (tertiary/aromatic N) is 5. The highest BCUT2D eigenvalue weighted by Crippen LogP contribution is 2.39. The van der Waals surface area contributed by atoms with Crippen LogP contribution in [0.1, 0.15) is 41.7 Å². The molecular weight excluding hydrogens is 631 g/mol. The van der Waals surface area contributed by atoms with Gasteiger partial charge in [-0.2, -0.15) is 0 Å². The summed E-state index contributed by atoms with van der Waals surface area (Å²) in [6.07, 6.45) is 15.1. The number of para-hydroxylation sites is 2. The summed E-state index contributed by atoms with van der Waals surface area (Å²) in [5.74, 6) is 2.99. The first-order chi connectivity index (χ1) is 25.2. The number of allylic oxidation sites excluding steroid dienone is 5. The van der Waals surface area contributed by atoms with Gasteiger partial charge in [0.15, 0.2) is 11.6 Å². The van der Waals surface area contributed by atoms with Gasteiger partial charge in [-0.25, -0.2) is 19.9 Å². The monoisotopic (exact) mass is 659 g/mol. The topological polar surface area (TPSA) is 82.8 Å². The van der Waals surface area contributed by atoms with Crippen molar-refractivity contribution in [3.05, 3.63) is 151 Å². The van der Waals surface area contributed by atoms with Gasteiger partial charge in [-0.3, -0.25) is 4.57 Å². The van der Waals surface area contributed by atoms with E-state index < -0.39 is 0 Å². The summed E-state index contributed by atoms with van der Waals surface area (Å²) in [6.45, 7) is 0. The van der Waals surface area contributed by atoms with E-state index in [1.807, 2.05) is 42.6 Å². The van der Waals surface area contributed by atoms with Crippen LogP contribution < -0.4 is 0 Å². The van der Waals surface area contributed by atoms with Crippen LogP contribution in [-0.2, 0) is 6.42 Å². The molecule has 0 radical (unpaired) electrons. The lowest BCUT2D eigenvalue weighted by molar-refractivity contribution is 0.526. The van der Waals surface area contributed by atoms with Crippen molar-refractivity contribution in [2.24, 2.45) is 0 Å². The fourth-order valence-electron chi connectivity index (χ4n) is 7.83. The summed E-state index contributed by atoms with van der Waals surface area (Å²) in [5, 5.41) is 5.53. The Kier molecular flexibility index (Phi) is 6.07. The van der Waals surface area contributed by atoms with E-state index in [0.29, 0.717) is 12.2 Å². The highest BCUT2D eigenvalue weighted by molar-refractivity contribution is 6.08. The molecule has 0 fully saturated rings. The molecule has 0 aliphatic heterocycles. The number of fused-ring (bicyclic) bond motifs is 9. The summed E-state index contributed by atoms with van der Waals surface area (Å²) in [5.41, 5.74) is 8.79. The molecule has 0 saturated heterocycles. The van der Waals surface area contributed by atoms with Gasteiger partial charge in [-0.15, -0.1) is 0 Å². The van der Waals surface area contributed by atoms with Gasteiger partial charge in [0.1, 0.15) is 34.0 Å². The van der Waals surface area contributed by atoms with Crippen LogP contribution in [0, 0.1) is 0 Å². The molecule has 2 aliphatic rings. The third-order valence-corrected chi connectivity index (χ3v) is 10.3. The maximum atomic E-state index is 6.66. The van der Waals surface area contributed by atoms with Crippen molar-refractivity contribution < 1.29 is 8.83 Å². The first-order valence-electron chi connectivity index (χ1n) is 17.4. The molecule has 0 bridgehead atoms. The Balaban J connectivity index is 0.999. The highest BCUT2D eigenvalue weighted by atomic mass is 16.3. The van der Waals surface area contributed by atoms with Crippen LogP contribution in [0.25, 0.3) is 83.6 Å². The minimum absolute atomic E-state index is 0.0715. The van der Waals surface area contributed by atoms with Crippen molar-refractivity contribution >= 4 is 66.5 Å². The van der Waals surface area contributed by atoms with Crippen molar-refractivity contribution in [2.45, 2.75) is 25.2 Å². The molecule has 7 heteroatoms. The van der Waals surface area contributed by atoms with E-state index in [1.165, 1.54) is 5.39 Å². The second-order valence-corrected chi connectivity index (χ2v) is 13.3. The lowest BCUT2D eigenvalue weighted by Gasteiger charge is -2.17. The van der Waals surface area contributed by atoms with Gasteiger partial charge < -0.3 is 8.83 Å². The SMILES string of the molecule is C1=CCCC(c2nc(-c3ccc4oc5ccccc5c4c3)nc(C3C=Cc4c(oc5cc(-n6c7ccccc7c7cccnc76)ccc45)C3)n2)=C1. The molecule has 51 heavy (non-hydrogen) atoms. The van der Waals surface area contributed by atoms with Crippen LogP contribution in [0.15, 0.2) is 136 Å². The zero-order chi connectivity index (χ0) is 33.5. The number of hydrogen-bond acceptors (Lipinski definition) is 6. The maximum absolute atomic E-state index is 6.66. The molecule has 5 heterocycles. The second kappa shape index (κ2) is 11.0. The highest BCUT2D eigenvalue weighted by Gasteiger charge is 2.26. The number of hydrogen-bond donors (Lipinski definition) is 0. The second-order valence-electron chi connectivity index (χ2n) is 13.3. The summed E-state index contributed by atoms with van der Waals surface area (Å²) in [4.78, 5) is 20.0. The Morgan fingerprint density at radius 3 is 2.49 bits per heavy atom. The largest absolute Gasteiger partial charge is 0.460 e. The molecule has 0 spiro atoms. The van der Waals surface area contributed by atoms with E-state index in [4.69, 9.17) is 28.8 Å². The van der Waals surface area contributed by atoms with Crippen molar-refractivity contribution in [3.8, 4) is 17.1 Å². The number of aromatic nitrogens is 5. The molecule has 7 nitrogen and oxygen atoms in total. The quantitative estimate of drug-likeness (QED) is 0.187. The van der Waals surface area contributed by atoms with Crippen LogP contribution in [-0.4, -0.2) is 24.5 Å². The van der Waals surface area contributed by atoms with Crippen molar-refractivity contribution in [1.29, 1.82) is 0 Å². The number of benzene rings is 4. The molecule has 0 amide bonds. The average Bonchev–Trinajstić information content (AvgIpc) is 3.86. The predicted molar refractivity (Wildman–Crippen MR) is 203 cm³/mol. The van der Waals surface area contributed by atoms with Crippen LogP contribution >= 0.6 is 0 Å². The number of rotatable bonds is 4. The Labute approximate surface area is 291 Å². The summed E-state index contributed by atoms with van der Waals surface area (Å²) in [6, 6.07) is 33.4. The van der Waals surface area contributed by atoms with E-state index in [2.05, 4.69) is 95.6 Å². The minimum atomic E-state index is -0.0715. The van der Waals surface area contributed by atoms with E-state index in [-0.39, 0.29) is 5.92 Å². The van der Waals surface area contributed by atoms with E-state index in [9.17, 15) is 0 Å². The molecule has 0 saturated carbocycles. The van der Waals surface area contributed by atoms with Crippen LogP contribution in [0.5, 0.6) is 0 Å². The molecule has 11 rings (SSSR count). The number of furan rings is 2. The zero-order valence-electron chi connectivity index (χ0n) is 27.5. The molecular formula is C44H29N5O2. The van der Waals surface area contributed by atoms with E-state index in [0.717, 1.165) is 102 Å². The standard InChI is InChI=1S/C44H29N5O2/c1-2-9-26(10-3-1)41-46-42(27-17-21-38-35(23-27)31-12-5-7-15-37(31)50-38)48-43(47-41)28-16-19-32-33-20-18-29(25-40(33)51-39(32)24-28)49-36-14-6-4-11-30(36)34-13-8-22-45-44(34)49/h1-2,4-9,11-23,25,28H,3,10,24H2. The Bertz CT molecular complexity index is 2920. The molecule has 9 aromatic rings. The molecule has 4 aromatic carbocycles. The number of pyridine rings is 1. The van der Waals surface area contributed by atoms with Crippen molar-refractivity contribution in [1.82, 2.24) is 24.5 Å². The Morgan fingerprint density at radius 2 is 1.55 bits per heavy atom. The Morgan fingerprint density at radius 1 is 0.686 bits per heavy atom. The predicted octanol–water partition coefficient (Wildman–Crippen LogP) is 10.8. The van der Waals surface area contributed by atoms with Crippen LogP contribution in [0.4, 0.5) is 0 Å². The van der Waals surface area contributed by atoms with Crippen molar-refractivity contribution in [3.63, 3.8) is 0 Å².